The first-order valence-corrected chi connectivity index (χ1v) is 6.75. The molecule has 0 bridgehead atoms. The molecule has 1 unspecified atom stereocenters. The fraction of sp³-hybridized carbons (Fsp3) is 0.438. The van der Waals surface area contributed by atoms with Gasteiger partial charge in [-0.2, -0.15) is 0 Å². The highest BCUT2D eigenvalue weighted by atomic mass is 16.5. The van der Waals surface area contributed by atoms with E-state index >= 15 is 0 Å². The summed E-state index contributed by atoms with van der Waals surface area (Å²) < 4.78 is 4.88. The Hall–Kier alpha value is -1.61. The third-order valence-electron chi connectivity index (χ3n) is 2.83. The van der Waals surface area contributed by atoms with Crippen LogP contribution in [0.2, 0.25) is 0 Å². The lowest BCUT2D eigenvalue weighted by Crippen LogP contribution is -2.31. The average molecular weight is 261 g/mol. The van der Waals surface area contributed by atoms with Crippen molar-refractivity contribution in [3.05, 3.63) is 48.0 Å². The second kappa shape index (κ2) is 8.48. The smallest absolute Gasteiger partial charge is 0.330 e. The Morgan fingerprint density at radius 1 is 1.32 bits per heavy atom. The molecule has 0 heterocycles. The van der Waals surface area contributed by atoms with Crippen LogP contribution in [0.15, 0.2) is 42.5 Å². The number of carbonyl (C=O) groups is 1. The Balaban J connectivity index is 2.51. The maximum Gasteiger partial charge on any atom is 0.330 e. The quantitative estimate of drug-likeness (QED) is 0.606. The topological polar surface area (TPSA) is 38.3 Å². The van der Waals surface area contributed by atoms with Gasteiger partial charge in [-0.3, -0.25) is 0 Å². The highest BCUT2D eigenvalue weighted by Crippen LogP contribution is 2.06. The van der Waals surface area contributed by atoms with Crippen molar-refractivity contribution in [2.75, 3.05) is 6.61 Å². The molecule has 19 heavy (non-hydrogen) atoms. The van der Waals surface area contributed by atoms with Crippen LogP contribution in [0.4, 0.5) is 0 Å². The number of hydrogen-bond acceptors (Lipinski definition) is 3. The van der Waals surface area contributed by atoms with Gasteiger partial charge in [0.2, 0.25) is 0 Å². The van der Waals surface area contributed by atoms with E-state index in [0.717, 1.165) is 6.54 Å². The van der Waals surface area contributed by atoms with Gasteiger partial charge in [0.05, 0.1) is 6.61 Å². The number of benzene rings is 1. The van der Waals surface area contributed by atoms with E-state index in [1.165, 1.54) is 11.6 Å². The molecular formula is C16H23NO2. The zero-order chi connectivity index (χ0) is 14.1. The molecule has 0 saturated heterocycles. The molecule has 0 aromatic heterocycles. The number of hydrogen-bond donors (Lipinski definition) is 1. The van der Waals surface area contributed by atoms with Crippen molar-refractivity contribution in [2.24, 2.45) is 5.92 Å². The molecule has 0 aliphatic rings. The molecule has 0 radical (unpaired) electrons. The van der Waals surface area contributed by atoms with Gasteiger partial charge in [-0.1, -0.05) is 50.3 Å². The van der Waals surface area contributed by atoms with Crippen molar-refractivity contribution in [1.82, 2.24) is 5.32 Å². The summed E-state index contributed by atoms with van der Waals surface area (Å²) in [5.74, 6) is 0.129. The molecule has 0 aliphatic carbocycles. The summed E-state index contributed by atoms with van der Waals surface area (Å²) in [5, 5.41) is 3.44. The lowest BCUT2D eigenvalue weighted by Gasteiger charge is -2.18. The normalized spacial score (nSPS) is 12.8. The van der Waals surface area contributed by atoms with Crippen LogP contribution < -0.4 is 5.32 Å². The molecular weight excluding hydrogens is 238 g/mol. The van der Waals surface area contributed by atoms with Crippen molar-refractivity contribution >= 4 is 5.97 Å². The van der Waals surface area contributed by atoms with Gasteiger partial charge in [-0.25, -0.2) is 4.79 Å². The molecule has 0 aliphatic heterocycles. The summed E-state index contributed by atoms with van der Waals surface area (Å²) in [7, 11) is 0. The van der Waals surface area contributed by atoms with Crippen LogP contribution in [0.3, 0.4) is 0 Å². The third-order valence-corrected chi connectivity index (χ3v) is 2.83. The Labute approximate surface area is 115 Å². The van der Waals surface area contributed by atoms with Gasteiger partial charge in [-0.05, 0) is 18.4 Å². The molecule has 1 N–H and O–H groups in total. The van der Waals surface area contributed by atoms with Gasteiger partial charge >= 0.3 is 5.97 Å². The minimum absolute atomic E-state index is 0.157. The highest BCUT2D eigenvalue weighted by molar-refractivity contribution is 5.81. The number of esters is 1. The van der Waals surface area contributed by atoms with Crippen molar-refractivity contribution < 1.29 is 9.53 Å². The molecule has 0 saturated carbocycles. The minimum Gasteiger partial charge on any atom is -0.463 e. The lowest BCUT2D eigenvalue weighted by atomic mass is 10.0. The molecule has 1 atom stereocenters. The lowest BCUT2D eigenvalue weighted by molar-refractivity contribution is -0.137. The zero-order valence-electron chi connectivity index (χ0n) is 11.9. The van der Waals surface area contributed by atoms with Crippen molar-refractivity contribution in [2.45, 2.75) is 33.4 Å². The first kappa shape index (κ1) is 15.4. The Kier molecular flexibility index (Phi) is 6.90. The number of nitrogens with one attached hydrogen (secondary N) is 1. The van der Waals surface area contributed by atoms with Crippen LogP contribution in [0, 0.1) is 5.92 Å². The van der Waals surface area contributed by atoms with Crippen LogP contribution in [0.5, 0.6) is 0 Å². The largest absolute Gasteiger partial charge is 0.463 e. The molecule has 3 nitrogen and oxygen atoms in total. The predicted octanol–water partition coefficient (Wildman–Crippen LogP) is 2.92. The van der Waals surface area contributed by atoms with Gasteiger partial charge in [0.25, 0.3) is 0 Å². The van der Waals surface area contributed by atoms with E-state index in [2.05, 4.69) is 31.3 Å². The van der Waals surface area contributed by atoms with Crippen LogP contribution in [0.25, 0.3) is 0 Å². The summed E-state index contributed by atoms with van der Waals surface area (Å²) in [4.78, 5) is 11.3. The second-order valence-electron chi connectivity index (χ2n) is 4.75. The standard InChI is InChI=1S/C16H23NO2/c1-4-19-16(18)11-10-15(13(2)3)17-12-14-8-6-5-7-9-14/h5-11,13,15,17H,4,12H2,1-3H3/b11-10+. The van der Waals surface area contributed by atoms with Gasteiger partial charge in [-0.15, -0.1) is 0 Å². The number of ether oxygens (including phenoxy) is 1. The molecule has 0 amide bonds. The maximum absolute atomic E-state index is 11.3. The Bertz CT molecular complexity index is 398. The zero-order valence-corrected chi connectivity index (χ0v) is 11.9. The molecule has 3 heteroatoms. The molecule has 0 spiro atoms. The van der Waals surface area contributed by atoms with E-state index in [-0.39, 0.29) is 12.0 Å². The van der Waals surface area contributed by atoms with Gasteiger partial charge in [0.15, 0.2) is 0 Å². The maximum atomic E-state index is 11.3. The molecule has 0 fully saturated rings. The second-order valence-corrected chi connectivity index (χ2v) is 4.75. The summed E-state index contributed by atoms with van der Waals surface area (Å²) in [5.41, 5.74) is 1.23. The Morgan fingerprint density at radius 3 is 2.58 bits per heavy atom. The van der Waals surface area contributed by atoms with E-state index in [0.29, 0.717) is 12.5 Å². The third kappa shape index (κ3) is 6.20. The summed E-state index contributed by atoms with van der Waals surface area (Å²) >= 11 is 0. The van der Waals surface area contributed by atoms with E-state index in [1.807, 2.05) is 24.3 Å². The van der Waals surface area contributed by atoms with E-state index in [9.17, 15) is 4.79 Å². The fourth-order valence-electron chi connectivity index (χ4n) is 1.73. The van der Waals surface area contributed by atoms with Crippen molar-refractivity contribution in [3.63, 3.8) is 0 Å². The van der Waals surface area contributed by atoms with E-state index in [4.69, 9.17) is 4.74 Å². The van der Waals surface area contributed by atoms with Gasteiger partial charge in [0.1, 0.15) is 0 Å². The highest BCUT2D eigenvalue weighted by Gasteiger charge is 2.09. The minimum atomic E-state index is -0.283. The van der Waals surface area contributed by atoms with Crippen LogP contribution in [-0.4, -0.2) is 18.6 Å². The van der Waals surface area contributed by atoms with Crippen LogP contribution >= 0.6 is 0 Å². The van der Waals surface area contributed by atoms with Crippen molar-refractivity contribution in [3.8, 4) is 0 Å². The SMILES string of the molecule is CCOC(=O)/C=C/C(NCc1ccccc1)C(C)C. The summed E-state index contributed by atoms with van der Waals surface area (Å²) in [6.45, 7) is 7.25. The molecule has 104 valence electrons. The average Bonchev–Trinajstić information content (AvgIpc) is 2.39. The van der Waals surface area contributed by atoms with Crippen LogP contribution in [0.1, 0.15) is 26.3 Å². The first-order valence-electron chi connectivity index (χ1n) is 6.75. The first-order chi connectivity index (χ1) is 9.13. The monoisotopic (exact) mass is 261 g/mol. The van der Waals surface area contributed by atoms with E-state index < -0.39 is 0 Å². The summed E-state index contributed by atoms with van der Waals surface area (Å²) in [6.07, 6.45) is 3.39. The van der Waals surface area contributed by atoms with Crippen LogP contribution in [-0.2, 0) is 16.1 Å². The molecule has 1 rings (SSSR count). The predicted molar refractivity (Wildman–Crippen MR) is 77.7 cm³/mol. The summed E-state index contributed by atoms with van der Waals surface area (Å²) in [6, 6.07) is 10.4. The molecule has 1 aromatic carbocycles. The van der Waals surface area contributed by atoms with Gasteiger partial charge in [0, 0.05) is 18.7 Å². The fourth-order valence-corrected chi connectivity index (χ4v) is 1.73. The van der Waals surface area contributed by atoms with Crippen molar-refractivity contribution in [1.29, 1.82) is 0 Å². The van der Waals surface area contributed by atoms with E-state index in [1.54, 1.807) is 6.92 Å². The Morgan fingerprint density at radius 2 is 2.00 bits per heavy atom. The number of carbonyl (C=O) groups excluding carboxylic acids is 1. The van der Waals surface area contributed by atoms with Gasteiger partial charge < -0.3 is 10.1 Å². The molecule has 1 aromatic rings. The number of rotatable bonds is 7.